The SMILES string of the molecule is CCCC(=O)CS(=O)C(C)(C)C. The van der Waals surface area contributed by atoms with Crippen LogP contribution in [0.3, 0.4) is 0 Å². The second-order valence-corrected chi connectivity index (χ2v) is 6.10. The topological polar surface area (TPSA) is 34.1 Å². The Hall–Kier alpha value is -0.180. The molecule has 0 heterocycles. The lowest BCUT2D eigenvalue weighted by atomic mass is 10.2. The summed E-state index contributed by atoms with van der Waals surface area (Å²) in [4.78, 5) is 11.1. The molecule has 0 aliphatic rings. The summed E-state index contributed by atoms with van der Waals surface area (Å²) in [6.07, 6.45) is 1.40. The van der Waals surface area contributed by atoms with Crippen LogP contribution in [0.15, 0.2) is 0 Å². The summed E-state index contributed by atoms with van der Waals surface area (Å²) in [6.45, 7) is 7.63. The molecule has 0 N–H and O–H groups in total. The van der Waals surface area contributed by atoms with E-state index >= 15 is 0 Å². The van der Waals surface area contributed by atoms with E-state index in [4.69, 9.17) is 0 Å². The maximum atomic E-state index is 11.4. The lowest BCUT2D eigenvalue weighted by Gasteiger charge is -2.16. The van der Waals surface area contributed by atoms with Crippen molar-refractivity contribution in [2.75, 3.05) is 5.75 Å². The molecule has 0 rings (SSSR count). The zero-order chi connectivity index (χ0) is 9.78. The molecule has 0 aromatic carbocycles. The van der Waals surface area contributed by atoms with Crippen molar-refractivity contribution in [2.24, 2.45) is 0 Å². The van der Waals surface area contributed by atoms with Crippen molar-refractivity contribution in [3.8, 4) is 0 Å². The zero-order valence-electron chi connectivity index (χ0n) is 8.35. The van der Waals surface area contributed by atoms with Crippen LogP contribution in [0.2, 0.25) is 0 Å². The van der Waals surface area contributed by atoms with Crippen LogP contribution in [0, 0.1) is 0 Å². The van der Waals surface area contributed by atoms with E-state index in [1.807, 2.05) is 27.7 Å². The second kappa shape index (κ2) is 4.75. The Morgan fingerprint density at radius 3 is 2.17 bits per heavy atom. The highest BCUT2D eigenvalue weighted by Crippen LogP contribution is 2.11. The standard InChI is InChI=1S/C9H18O2S/c1-5-6-8(10)7-12(11)9(2,3)4/h5-7H2,1-4H3. The first-order valence-corrected chi connectivity index (χ1v) is 5.60. The highest BCUT2D eigenvalue weighted by Gasteiger charge is 2.21. The van der Waals surface area contributed by atoms with Crippen LogP contribution in [0.1, 0.15) is 40.5 Å². The summed E-state index contributed by atoms with van der Waals surface area (Å²) in [7, 11) is -1.02. The van der Waals surface area contributed by atoms with Gasteiger partial charge in [-0.15, -0.1) is 0 Å². The summed E-state index contributed by atoms with van der Waals surface area (Å²) < 4.78 is 11.2. The van der Waals surface area contributed by atoms with Gasteiger partial charge in [0.15, 0.2) is 0 Å². The second-order valence-electron chi connectivity index (χ2n) is 3.89. The number of rotatable bonds is 4. The van der Waals surface area contributed by atoms with E-state index in [1.165, 1.54) is 0 Å². The Balaban J connectivity index is 3.94. The van der Waals surface area contributed by atoms with Gasteiger partial charge < -0.3 is 0 Å². The Bertz CT molecular complexity index is 179. The normalized spacial score (nSPS) is 14.3. The van der Waals surface area contributed by atoms with Crippen LogP contribution >= 0.6 is 0 Å². The Morgan fingerprint density at radius 2 is 1.83 bits per heavy atom. The molecule has 72 valence electrons. The summed E-state index contributed by atoms with van der Waals surface area (Å²) in [5, 5.41) is 0. The molecule has 0 aliphatic carbocycles. The van der Waals surface area contributed by atoms with E-state index in [1.54, 1.807) is 0 Å². The first-order chi connectivity index (χ1) is 5.38. The van der Waals surface area contributed by atoms with Crippen molar-refractivity contribution in [2.45, 2.75) is 45.3 Å². The number of hydrogen-bond acceptors (Lipinski definition) is 2. The largest absolute Gasteiger partial charge is 0.299 e. The van der Waals surface area contributed by atoms with Crippen molar-refractivity contribution < 1.29 is 9.00 Å². The van der Waals surface area contributed by atoms with E-state index in [9.17, 15) is 9.00 Å². The third-order valence-electron chi connectivity index (χ3n) is 1.50. The third-order valence-corrected chi connectivity index (χ3v) is 3.45. The molecule has 0 spiro atoms. The first kappa shape index (κ1) is 11.8. The van der Waals surface area contributed by atoms with Gasteiger partial charge >= 0.3 is 0 Å². The fourth-order valence-electron chi connectivity index (χ4n) is 0.714. The number of carbonyl (C=O) groups excluding carboxylic acids is 1. The lowest BCUT2D eigenvalue weighted by molar-refractivity contribution is -0.116. The number of ketones is 1. The van der Waals surface area contributed by atoms with Crippen molar-refractivity contribution in [1.82, 2.24) is 0 Å². The van der Waals surface area contributed by atoms with Crippen LogP contribution < -0.4 is 0 Å². The van der Waals surface area contributed by atoms with Crippen LogP contribution in [0.5, 0.6) is 0 Å². The summed E-state index contributed by atoms with van der Waals surface area (Å²) in [5.41, 5.74) is 0. The molecular formula is C9H18O2S. The average Bonchev–Trinajstić information content (AvgIpc) is 1.85. The zero-order valence-corrected chi connectivity index (χ0v) is 9.16. The van der Waals surface area contributed by atoms with Gasteiger partial charge in [0.1, 0.15) is 5.78 Å². The van der Waals surface area contributed by atoms with Gasteiger partial charge in [-0.3, -0.25) is 9.00 Å². The summed E-state index contributed by atoms with van der Waals surface area (Å²) in [6, 6.07) is 0. The Labute approximate surface area is 77.2 Å². The Morgan fingerprint density at radius 1 is 1.33 bits per heavy atom. The minimum atomic E-state index is -1.02. The molecule has 3 heteroatoms. The van der Waals surface area contributed by atoms with Gasteiger partial charge in [-0.1, -0.05) is 6.92 Å². The molecule has 12 heavy (non-hydrogen) atoms. The van der Waals surface area contributed by atoms with Gasteiger partial charge in [0.05, 0.1) is 5.75 Å². The first-order valence-electron chi connectivity index (χ1n) is 4.28. The molecule has 1 atom stereocenters. The molecule has 0 fully saturated rings. The van der Waals surface area contributed by atoms with E-state index in [0.29, 0.717) is 6.42 Å². The minimum Gasteiger partial charge on any atom is -0.299 e. The van der Waals surface area contributed by atoms with E-state index in [2.05, 4.69) is 0 Å². The molecule has 2 nitrogen and oxygen atoms in total. The van der Waals surface area contributed by atoms with Gasteiger partial charge in [-0.25, -0.2) is 0 Å². The number of carbonyl (C=O) groups is 1. The fraction of sp³-hybridized carbons (Fsp3) is 0.889. The minimum absolute atomic E-state index is 0.116. The third kappa shape index (κ3) is 4.65. The predicted octanol–water partition coefficient (Wildman–Crippen LogP) is 1.90. The van der Waals surface area contributed by atoms with Crippen molar-refractivity contribution in [3.05, 3.63) is 0 Å². The van der Waals surface area contributed by atoms with Crippen LogP contribution in [0.25, 0.3) is 0 Å². The molecule has 0 radical (unpaired) electrons. The van der Waals surface area contributed by atoms with Crippen molar-refractivity contribution in [1.29, 1.82) is 0 Å². The van der Waals surface area contributed by atoms with Crippen molar-refractivity contribution in [3.63, 3.8) is 0 Å². The van der Waals surface area contributed by atoms with Gasteiger partial charge in [-0.2, -0.15) is 0 Å². The molecule has 0 aliphatic heterocycles. The maximum Gasteiger partial charge on any atom is 0.145 e. The maximum absolute atomic E-state index is 11.4. The van der Waals surface area contributed by atoms with Gasteiger partial charge in [0, 0.05) is 22.0 Å². The monoisotopic (exact) mass is 190 g/mol. The molecule has 0 saturated heterocycles. The molecule has 1 unspecified atom stereocenters. The molecule has 0 aromatic rings. The molecule has 0 amide bonds. The van der Waals surface area contributed by atoms with Crippen molar-refractivity contribution >= 4 is 16.6 Å². The predicted molar refractivity (Wildman–Crippen MR) is 52.7 cm³/mol. The smallest absolute Gasteiger partial charge is 0.145 e. The van der Waals surface area contributed by atoms with E-state index in [0.717, 1.165) is 6.42 Å². The quantitative estimate of drug-likeness (QED) is 0.678. The number of hydrogen-bond donors (Lipinski definition) is 0. The highest BCUT2D eigenvalue weighted by molar-refractivity contribution is 7.87. The van der Waals surface area contributed by atoms with Gasteiger partial charge in [-0.05, 0) is 27.2 Å². The molecule has 0 aromatic heterocycles. The Kier molecular flexibility index (Phi) is 4.68. The van der Waals surface area contributed by atoms with Crippen LogP contribution in [-0.4, -0.2) is 20.5 Å². The van der Waals surface area contributed by atoms with E-state index in [-0.39, 0.29) is 16.3 Å². The molecule has 0 saturated carbocycles. The van der Waals surface area contributed by atoms with Gasteiger partial charge in [0.25, 0.3) is 0 Å². The average molecular weight is 190 g/mol. The van der Waals surface area contributed by atoms with Gasteiger partial charge in [0.2, 0.25) is 0 Å². The fourth-order valence-corrected chi connectivity index (χ4v) is 1.58. The highest BCUT2D eigenvalue weighted by atomic mass is 32.2. The summed E-state index contributed by atoms with van der Waals surface area (Å²) in [5.74, 6) is 0.336. The number of Topliss-reactive ketones (excluding diaryl/α,β-unsaturated/α-hetero) is 1. The molecule has 0 bridgehead atoms. The lowest BCUT2D eigenvalue weighted by Crippen LogP contribution is -2.27. The van der Waals surface area contributed by atoms with Crippen LogP contribution in [0.4, 0.5) is 0 Å². The van der Waals surface area contributed by atoms with Crippen LogP contribution in [-0.2, 0) is 15.6 Å². The summed E-state index contributed by atoms with van der Waals surface area (Å²) >= 11 is 0. The van der Waals surface area contributed by atoms with E-state index < -0.39 is 10.8 Å². The molecular weight excluding hydrogens is 172 g/mol.